The topological polar surface area (TPSA) is 84.0 Å². The molecule has 1 aliphatic carbocycles. The second-order valence-corrected chi connectivity index (χ2v) is 9.69. The van der Waals surface area contributed by atoms with E-state index in [2.05, 4.69) is 34.3 Å². The van der Waals surface area contributed by atoms with Crippen molar-refractivity contribution in [2.24, 2.45) is 5.92 Å². The Morgan fingerprint density at radius 3 is 2.75 bits per heavy atom. The third kappa shape index (κ3) is 3.84. The minimum Gasteiger partial charge on any atom is -0.453 e. The first-order chi connectivity index (χ1) is 15.5. The second-order valence-electron chi connectivity index (χ2n) is 8.69. The van der Waals surface area contributed by atoms with Crippen LogP contribution in [0.1, 0.15) is 41.4 Å². The highest BCUT2D eigenvalue weighted by Crippen LogP contribution is 2.43. The molecule has 2 aromatic rings. The first kappa shape index (κ1) is 21.2. The van der Waals surface area contributed by atoms with Crippen molar-refractivity contribution in [1.82, 2.24) is 9.88 Å². The van der Waals surface area contributed by atoms with E-state index >= 15 is 0 Å². The van der Waals surface area contributed by atoms with Gasteiger partial charge >= 0.3 is 6.09 Å². The predicted molar refractivity (Wildman–Crippen MR) is 123 cm³/mol. The van der Waals surface area contributed by atoms with Crippen molar-refractivity contribution < 1.29 is 19.1 Å². The lowest BCUT2D eigenvalue weighted by molar-refractivity contribution is 0.0697. The number of benzene rings is 1. The Bertz CT molecular complexity index is 1060. The molecule has 3 aliphatic rings. The number of thiazole rings is 1. The molecular formula is C23H28N4O4S. The van der Waals surface area contributed by atoms with Crippen LogP contribution in [0.4, 0.5) is 15.6 Å². The SMILES string of the molecule is COC(=O)Nc1nc(C)c(-c2cc3c(c(N4CCOCC4)c2)C(=O)N([C@@H](C)C2CC2)C3)s1. The zero-order chi connectivity index (χ0) is 22.4. The van der Waals surface area contributed by atoms with Gasteiger partial charge in [0.2, 0.25) is 0 Å². The number of morpholine rings is 1. The zero-order valence-corrected chi connectivity index (χ0v) is 19.5. The molecule has 1 saturated heterocycles. The summed E-state index contributed by atoms with van der Waals surface area (Å²) < 4.78 is 10.2. The van der Waals surface area contributed by atoms with Crippen LogP contribution in [0.2, 0.25) is 0 Å². The number of anilines is 2. The third-order valence-corrected chi connectivity index (χ3v) is 7.74. The molecule has 2 aliphatic heterocycles. The highest BCUT2D eigenvalue weighted by molar-refractivity contribution is 7.19. The normalized spacial score (nSPS) is 19.2. The number of amides is 2. The van der Waals surface area contributed by atoms with Crippen molar-refractivity contribution >= 4 is 34.2 Å². The summed E-state index contributed by atoms with van der Waals surface area (Å²) >= 11 is 1.42. The fourth-order valence-corrected chi connectivity index (χ4v) is 5.60. The first-order valence-corrected chi connectivity index (χ1v) is 11.9. The van der Waals surface area contributed by atoms with Crippen LogP contribution in [-0.4, -0.2) is 61.3 Å². The smallest absolute Gasteiger partial charge is 0.413 e. The van der Waals surface area contributed by atoms with E-state index in [4.69, 9.17) is 9.47 Å². The Morgan fingerprint density at radius 2 is 2.06 bits per heavy atom. The van der Waals surface area contributed by atoms with Gasteiger partial charge in [-0.25, -0.2) is 9.78 Å². The van der Waals surface area contributed by atoms with Crippen molar-refractivity contribution in [3.63, 3.8) is 0 Å². The van der Waals surface area contributed by atoms with Gasteiger partial charge in [-0.2, -0.15) is 0 Å². The maximum absolute atomic E-state index is 13.5. The van der Waals surface area contributed by atoms with Gasteiger partial charge in [0, 0.05) is 25.7 Å². The van der Waals surface area contributed by atoms with Crippen molar-refractivity contribution in [2.75, 3.05) is 43.6 Å². The van der Waals surface area contributed by atoms with Gasteiger partial charge in [0.25, 0.3) is 5.91 Å². The molecule has 3 heterocycles. The third-order valence-electron chi connectivity index (χ3n) is 6.62. The van der Waals surface area contributed by atoms with E-state index in [1.807, 2.05) is 11.8 Å². The van der Waals surface area contributed by atoms with Gasteiger partial charge in [-0.05, 0) is 55.9 Å². The molecular weight excluding hydrogens is 428 g/mol. The Kier molecular flexibility index (Phi) is 5.54. The summed E-state index contributed by atoms with van der Waals surface area (Å²) in [6, 6.07) is 4.49. The zero-order valence-electron chi connectivity index (χ0n) is 18.6. The van der Waals surface area contributed by atoms with Crippen molar-refractivity contribution in [3.8, 4) is 10.4 Å². The number of carbonyl (C=O) groups is 2. The monoisotopic (exact) mass is 456 g/mol. The molecule has 1 atom stereocenters. The van der Waals surface area contributed by atoms with Crippen molar-refractivity contribution in [2.45, 2.75) is 39.3 Å². The quantitative estimate of drug-likeness (QED) is 0.735. The maximum Gasteiger partial charge on any atom is 0.413 e. The number of nitrogens with one attached hydrogen (secondary N) is 1. The Balaban J connectivity index is 1.55. The summed E-state index contributed by atoms with van der Waals surface area (Å²) in [5, 5.41) is 3.16. The van der Waals surface area contributed by atoms with Crippen LogP contribution in [0.15, 0.2) is 12.1 Å². The second kappa shape index (κ2) is 8.37. The minimum absolute atomic E-state index is 0.140. The number of aromatic nitrogens is 1. The van der Waals surface area contributed by atoms with Crippen LogP contribution in [0.3, 0.4) is 0 Å². The van der Waals surface area contributed by atoms with Crippen LogP contribution in [-0.2, 0) is 16.0 Å². The summed E-state index contributed by atoms with van der Waals surface area (Å²) in [5.41, 5.74) is 4.73. The first-order valence-electron chi connectivity index (χ1n) is 11.1. The summed E-state index contributed by atoms with van der Waals surface area (Å²) in [5.74, 6) is 0.761. The molecule has 1 aromatic heterocycles. The number of rotatable bonds is 5. The summed E-state index contributed by atoms with van der Waals surface area (Å²) in [4.78, 5) is 34.9. The van der Waals surface area contributed by atoms with Crippen molar-refractivity contribution in [3.05, 3.63) is 29.0 Å². The van der Waals surface area contributed by atoms with Crippen molar-refractivity contribution in [1.29, 1.82) is 0 Å². The molecule has 1 aromatic carbocycles. The van der Waals surface area contributed by atoms with Crippen LogP contribution in [0.5, 0.6) is 0 Å². The highest BCUT2D eigenvalue weighted by atomic mass is 32.1. The lowest BCUT2D eigenvalue weighted by atomic mass is 10.0. The minimum atomic E-state index is -0.538. The van der Waals surface area contributed by atoms with Crippen LogP contribution in [0, 0.1) is 12.8 Å². The number of hydrogen-bond acceptors (Lipinski definition) is 7. The predicted octanol–water partition coefficient (Wildman–Crippen LogP) is 3.89. The molecule has 0 spiro atoms. The molecule has 9 heteroatoms. The van der Waals surface area contributed by atoms with E-state index in [0.29, 0.717) is 30.8 Å². The van der Waals surface area contributed by atoms with E-state index in [-0.39, 0.29) is 11.9 Å². The standard InChI is InChI=1S/C23H28N4O4S/c1-13-20(32-22(24-13)25-23(29)30-3)16-10-17-12-27(14(2)15-4-5-15)21(28)19(17)18(11-16)26-6-8-31-9-7-26/h10-11,14-15H,4-9,12H2,1-3H3,(H,24,25,29)/t14-/m0/s1. The van der Waals surface area contributed by atoms with Gasteiger partial charge in [-0.15, -0.1) is 0 Å². The fourth-order valence-electron chi connectivity index (χ4n) is 4.66. The molecule has 0 unspecified atom stereocenters. The largest absolute Gasteiger partial charge is 0.453 e. The van der Waals surface area contributed by atoms with Gasteiger partial charge in [0.15, 0.2) is 5.13 Å². The maximum atomic E-state index is 13.5. The Hall–Kier alpha value is -2.65. The average molecular weight is 457 g/mol. The lowest BCUT2D eigenvalue weighted by Gasteiger charge is -2.31. The van der Waals surface area contributed by atoms with Crippen LogP contribution < -0.4 is 10.2 Å². The molecule has 5 rings (SSSR count). The molecule has 0 radical (unpaired) electrons. The van der Waals surface area contributed by atoms with Gasteiger partial charge in [0.1, 0.15) is 0 Å². The lowest BCUT2D eigenvalue weighted by Crippen LogP contribution is -2.38. The average Bonchev–Trinajstić information content (AvgIpc) is 3.52. The number of hydrogen-bond donors (Lipinski definition) is 1. The molecule has 170 valence electrons. The number of nitrogens with zero attached hydrogens (tertiary/aromatic N) is 3. The van der Waals surface area contributed by atoms with E-state index in [9.17, 15) is 9.59 Å². The molecule has 2 fully saturated rings. The van der Waals surface area contributed by atoms with Gasteiger partial charge in [-0.1, -0.05) is 11.3 Å². The molecule has 1 N–H and O–H groups in total. The van der Waals surface area contributed by atoms with E-state index in [1.54, 1.807) is 0 Å². The number of ether oxygens (including phenoxy) is 2. The molecule has 0 bridgehead atoms. The summed E-state index contributed by atoms with van der Waals surface area (Å²) in [7, 11) is 1.33. The number of aryl methyl sites for hydroxylation is 1. The van der Waals surface area contributed by atoms with Crippen LogP contribution >= 0.6 is 11.3 Å². The van der Waals surface area contributed by atoms with E-state index < -0.39 is 6.09 Å². The Labute approximate surface area is 191 Å². The number of methoxy groups -OCH3 is 1. The number of carbonyl (C=O) groups excluding carboxylic acids is 2. The van der Waals surface area contributed by atoms with Gasteiger partial charge in [-0.3, -0.25) is 10.1 Å². The van der Waals surface area contributed by atoms with Gasteiger partial charge in [0.05, 0.1) is 42.1 Å². The molecule has 1 saturated carbocycles. The molecule has 32 heavy (non-hydrogen) atoms. The van der Waals surface area contributed by atoms with Crippen LogP contribution in [0.25, 0.3) is 10.4 Å². The fraction of sp³-hybridized carbons (Fsp3) is 0.522. The number of fused-ring (bicyclic) bond motifs is 1. The molecule has 2 amide bonds. The molecule has 8 nitrogen and oxygen atoms in total. The summed E-state index contributed by atoms with van der Waals surface area (Å²) in [6.45, 7) is 7.58. The highest BCUT2D eigenvalue weighted by Gasteiger charge is 2.40. The van der Waals surface area contributed by atoms with Gasteiger partial charge < -0.3 is 19.3 Å². The van der Waals surface area contributed by atoms with E-state index in [0.717, 1.165) is 46.0 Å². The Morgan fingerprint density at radius 1 is 1.31 bits per heavy atom. The van der Waals surface area contributed by atoms with E-state index in [1.165, 1.54) is 31.3 Å². The summed E-state index contributed by atoms with van der Waals surface area (Å²) in [6.07, 6.45) is 1.88.